The van der Waals surface area contributed by atoms with Crippen LogP contribution in [-0.4, -0.2) is 23.0 Å². The number of hydrogen-bond acceptors (Lipinski definition) is 4. The molecule has 2 aromatic carbocycles. The number of carbonyl (C=O) groups excluding carboxylic acids is 1. The van der Waals surface area contributed by atoms with Gasteiger partial charge in [-0.2, -0.15) is 0 Å². The van der Waals surface area contributed by atoms with Gasteiger partial charge in [0.15, 0.2) is 0 Å². The molecule has 1 aliphatic rings. The van der Waals surface area contributed by atoms with Crippen LogP contribution < -0.4 is 9.64 Å². The summed E-state index contributed by atoms with van der Waals surface area (Å²) in [7, 11) is 1.65. The number of nitrogens with zero attached hydrogens (tertiary/aromatic N) is 2. The Kier molecular flexibility index (Phi) is 4.45. The second-order valence-electron chi connectivity index (χ2n) is 6.37. The van der Waals surface area contributed by atoms with Gasteiger partial charge in [0.1, 0.15) is 6.61 Å². The first-order valence-corrected chi connectivity index (χ1v) is 9.24. The van der Waals surface area contributed by atoms with E-state index in [4.69, 9.17) is 4.74 Å². The lowest BCUT2D eigenvalue weighted by atomic mass is 9.88. The second kappa shape index (κ2) is 6.79. The highest BCUT2D eigenvalue weighted by atomic mass is 79.9. The summed E-state index contributed by atoms with van der Waals surface area (Å²) in [5, 5.41) is 11.5. The molecule has 0 spiro atoms. The summed E-state index contributed by atoms with van der Waals surface area (Å²) in [5.41, 5.74) is 0.620. The molecule has 3 aromatic rings. The third-order valence-corrected chi connectivity index (χ3v) is 5.20. The lowest BCUT2D eigenvalue weighted by molar-refractivity contribution is -0.132. The summed E-state index contributed by atoms with van der Waals surface area (Å²) < 4.78 is 6.70. The van der Waals surface area contributed by atoms with Crippen molar-refractivity contribution < 1.29 is 14.6 Å². The maximum Gasteiger partial charge on any atom is 0.268 e. The molecule has 0 saturated carbocycles. The molecule has 1 atom stereocenters. The number of fused-ring (bicyclic) bond motifs is 1. The summed E-state index contributed by atoms with van der Waals surface area (Å²) in [4.78, 5) is 18.7. The van der Waals surface area contributed by atoms with Gasteiger partial charge in [-0.25, -0.2) is 4.98 Å². The topological polar surface area (TPSA) is 62.7 Å². The van der Waals surface area contributed by atoms with E-state index in [1.165, 1.54) is 4.90 Å². The third-order valence-electron chi connectivity index (χ3n) is 4.70. The van der Waals surface area contributed by atoms with E-state index in [9.17, 15) is 9.90 Å². The van der Waals surface area contributed by atoms with E-state index in [1.807, 2.05) is 36.4 Å². The Morgan fingerprint density at radius 3 is 2.67 bits per heavy atom. The smallest absolute Gasteiger partial charge is 0.268 e. The SMILES string of the molecule is CN1C(=O)C(O)(c2cccnc2OCc2ccccc2)c2ccc(Br)cc21. The van der Waals surface area contributed by atoms with Crippen molar-refractivity contribution in [1.82, 2.24) is 4.98 Å². The molecule has 136 valence electrons. The van der Waals surface area contributed by atoms with Gasteiger partial charge >= 0.3 is 0 Å². The lowest BCUT2D eigenvalue weighted by Gasteiger charge is -2.24. The van der Waals surface area contributed by atoms with Gasteiger partial charge in [-0.3, -0.25) is 4.79 Å². The number of hydrogen-bond donors (Lipinski definition) is 1. The molecule has 0 aliphatic carbocycles. The number of carbonyl (C=O) groups is 1. The number of halogens is 1. The van der Waals surface area contributed by atoms with Gasteiger partial charge in [-0.05, 0) is 29.8 Å². The van der Waals surface area contributed by atoms with Crippen molar-refractivity contribution >= 4 is 27.5 Å². The molecular weight excluding hydrogens is 408 g/mol. The van der Waals surface area contributed by atoms with Crippen LogP contribution in [0.25, 0.3) is 0 Å². The van der Waals surface area contributed by atoms with Gasteiger partial charge in [0.05, 0.1) is 11.3 Å². The molecule has 1 unspecified atom stereocenters. The van der Waals surface area contributed by atoms with E-state index in [0.717, 1.165) is 10.0 Å². The highest BCUT2D eigenvalue weighted by molar-refractivity contribution is 9.10. The van der Waals surface area contributed by atoms with Gasteiger partial charge in [-0.15, -0.1) is 0 Å². The Morgan fingerprint density at radius 2 is 1.89 bits per heavy atom. The van der Waals surface area contributed by atoms with E-state index >= 15 is 0 Å². The largest absolute Gasteiger partial charge is 0.472 e. The number of amides is 1. The minimum absolute atomic E-state index is 0.237. The van der Waals surface area contributed by atoms with Crippen LogP contribution in [0.4, 0.5) is 5.69 Å². The van der Waals surface area contributed by atoms with Crippen molar-refractivity contribution in [3.05, 3.63) is 88.0 Å². The number of anilines is 1. The maximum atomic E-state index is 13.0. The zero-order valence-corrected chi connectivity index (χ0v) is 16.2. The Bertz CT molecular complexity index is 1010. The summed E-state index contributed by atoms with van der Waals surface area (Å²) in [5.74, 6) is -0.200. The van der Waals surface area contributed by atoms with E-state index in [2.05, 4.69) is 20.9 Å². The van der Waals surface area contributed by atoms with Gasteiger partial charge in [0, 0.05) is 23.3 Å². The molecule has 0 saturated heterocycles. The predicted octanol–water partition coefficient (Wildman–Crippen LogP) is 3.64. The number of aliphatic hydroxyl groups is 1. The van der Waals surface area contributed by atoms with Crippen molar-refractivity contribution in [1.29, 1.82) is 0 Å². The molecule has 0 radical (unpaired) electrons. The van der Waals surface area contributed by atoms with E-state index in [0.29, 0.717) is 16.8 Å². The first-order chi connectivity index (χ1) is 13.0. The van der Waals surface area contributed by atoms with Crippen LogP contribution in [0.3, 0.4) is 0 Å². The predicted molar refractivity (Wildman–Crippen MR) is 106 cm³/mol. The third kappa shape index (κ3) is 2.91. The van der Waals surface area contributed by atoms with Crippen molar-refractivity contribution in [2.45, 2.75) is 12.2 Å². The molecule has 5 nitrogen and oxygen atoms in total. The van der Waals surface area contributed by atoms with E-state index in [1.54, 1.807) is 37.5 Å². The molecular formula is C21H17BrN2O3. The fourth-order valence-corrected chi connectivity index (χ4v) is 3.67. The molecule has 1 N–H and O–H groups in total. The molecule has 4 rings (SSSR count). The highest BCUT2D eigenvalue weighted by Crippen LogP contribution is 2.46. The van der Waals surface area contributed by atoms with Crippen molar-refractivity contribution in [2.75, 3.05) is 11.9 Å². The van der Waals surface area contributed by atoms with Crippen LogP contribution in [0, 0.1) is 0 Å². The second-order valence-corrected chi connectivity index (χ2v) is 7.28. The van der Waals surface area contributed by atoms with Crippen LogP contribution in [0.15, 0.2) is 71.3 Å². The minimum Gasteiger partial charge on any atom is -0.472 e. The Labute approximate surface area is 165 Å². The van der Waals surface area contributed by atoms with Gasteiger partial charge in [0.25, 0.3) is 5.91 Å². The standard InChI is InChI=1S/C21H17BrN2O3/c1-24-18-12-15(22)9-10-16(18)21(26,20(24)25)17-8-5-11-23-19(17)27-13-14-6-3-2-4-7-14/h2-12,26H,13H2,1H3. The van der Waals surface area contributed by atoms with Crippen molar-refractivity contribution in [2.24, 2.45) is 0 Å². The number of aromatic nitrogens is 1. The average molecular weight is 425 g/mol. The van der Waals surface area contributed by atoms with Crippen LogP contribution in [0.2, 0.25) is 0 Å². The Balaban J connectivity index is 1.77. The fraction of sp³-hybridized carbons (Fsp3) is 0.143. The molecule has 0 fully saturated rings. The van der Waals surface area contributed by atoms with E-state index < -0.39 is 11.5 Å². The molecule has 0 bridgehead atoms. The number of rotatable bonds is 4. The highest BCUT2D eigenvalue weighted by Gasteiger charge is 2.51. The van der Waals surface area contributed by atoms with Crippen molar-refractivity contribution in [3.63, 3.8) is 0 Å². The monoisotopic (exact) mass is 424 g/mol. The molecule has 1 aliphatic heterocycles. The van der Waals surface area contributed by atoms with Gasteiger partial charge in [0.2, 0.25) is 11.5 Å². The summed E-state index contributed by atoms with van der Waals surface area (Å²) >= 11 is 3.41. The first-order valence-electron chi connectivity index (χ1n) is 8.44. The van der Waals surface area contributed by atoms with Gasteiger partial charge in [-0.1, -0.05) is 52.3 Å². The summed E-state index contributed by atoms with van der Waals surface area (Å²) in [6.07, 6.45) is 1.58. The Morgan fingerprint density at radius 1 is 1.11 bits per heavy atom. The normalized spacial score (nSPS) is 18.5. The molecule has 2 heterocycles. The first kappa shape index (κ1) is 17.7. The van der Waals surface area contributed by atoms with Crippen LogP contribution in [0.1, 0.15) is 16.7 Å². The van der Waals surface area contributed by atoms with Crippen LogP contribution in [-0.2, 0) is 17.0 Å². The molecule has 1 aromatic heterocycles. The summed E-state index contributed by atoms with van der Waals surface area (Å²) in [6, 6.07) is 18.4. The number of ether oxygens (including phenoxy) is 1. The molecule has 6 heteroatoms. The summed E-state index contributed by atoms with van der Waals surface area (Å²) in [6.45, 7) is 0.290. The fourth-order valence-electron chi connectivity index (χ4n) is 3.32. The maximum absolute atomic E-state index is 13.0. The van der Waals surface area contributed by atoms with Crippen LogP contribution >= 0.6 is 15.9 Å². The zero-order chi connectivity index (χ0) is 19.0. The quantitative estimate of drug-likeness (QED) is 0.694. The lowest BCUT2D eigenvalue weighted by Crippen LogP contribution is -2.39. The number of likely N-dealkylation sites (N-methyl/N-ethyl adjacent to an activating group) is 1. The number of pyridine rings is 1. The number of benzene rings is 2. The zero-order valence-electron chi connectivity index (χ0n) is 14.6. The van der Waals surface area contributed by atoms with Crippen molar-refractivity contribution in [3.8, 4) is 5.88 Å². The average Bonchev–Trinajstić information content (AvgIpc) is 2.89. The minimum atomic E-state index is -1.84. The molecule has 1 amide bonds. The van der Waals surface area contributed by atoms with Gasteiger partial charge < -0.3 is 14.7 Å². The Hall–Kier alpha value is -2.70. The van der Waals surface area contributed by atoms with E-state index in [-0.39, 0.29) is 12.5 Å². The van der Waals surface area contributed by atoms with Crippen LogP contribution in [0.5, 0.6) is 5.88 Å². The molecule has 27 heavy (non-hydrogen) atoms.